The van der Waals surface area contributed by atoms with Gasteiger partial charge in [0.1, 0.15) is 16.8 Å². The lowest BCUT2D eigenvalue weighted by Gasteiger charge is -2.31. The smallest absolute Gasteiger partial charge is 0.238 e. The van der Waals surface area contributed by atoms with Gasteiger partial charge in [-0.25, -0.2) is 9.38 Å². The van der Waals surface area contributed by atoms with Crippen LogP contribution in [0.2, 0.25) is 0 Å². The van der Waals surface area contributed by atoms with Crippen molar-refractivity contribution in [3.8, 4) is 5.75 Å². The Morgan fingerprint density at radius 1 is 1.18 bits per heavy atom. The first-order valence-corrected chi connectivity index (χ1v) is 12.1. The number of nitrogens with zero attached hydrogens (tertiary/aromatic N) is 2. The second-order valence-electron chi connectivity index (χ2n) is 7.19. The van der Waals surface area contributed by atoms with Gasteiger partial charge < -0.3 is 10.1 Å². The number of anilines is 1. The number of halogens is 1. The van der Waals surface area contributed by atoms with Gasteiger partial charge in [-0.2, -0.15) is 0 Å². The van der Waals surface area contributed by atoms with Crippen molar-refractivity contribution >= 4 is 51.5 Å². The number of amidine groups is 1. The Labute approximate surface area is 199 Å². The minimum absolute atomic E-state index is 0.0569. The van der Waals surface area contributed by atoms with Crippen LogP contribution in [0, 0.1) is 5.82 Å². The molecule has 2 heterocycles. The number of aliphatic imine (C=N–C) groups is 1. The number of benzene rings is 2. The van der Waals surface area contributed by atoms with Crippen molar-refractivity contribution in [2.24, 2.45) is 4.99 Å². The van der Waals surface area contributed by atoms with Gasteiger partial charge in [-0.3, -0.25) is 14.5 Å². The lowest BCUT2D eigenvalue weighted by atomic mass is 10.2. The van der Waals surface area contributed by atoms with Gasteiger partial charge in [-0.1, -0.05) is 17.8 Å². The molecule has 1 saturated heterocycles. The highest BCUT2D eigenvalue weighted by Gasteiger charge is 2.36. The van der Waals surface area contributed by atoms with Crippen molar-refractivity contribution < 1.29 is 18.7 Å². The van der Waals surface area contributed by atoms with Gasteiger partial charge in [0.15, 0.2) is 5.17 Å². The van der Waals surface area contributed by atoms with E-state index in [0.29, 0.717) is 29.7 Å². The van der Waals surface area contributed by atoms with E-state index in [1.54, 1.807) is 52.6 Å². The average Bonchev–Trinajstić information content (AvgIpc) is 3.32. The standard InChI is InChI=1S/C24H22FN3O3S2/c1-2-31-19-11-9-17(10-12-19)26-23(30)21-14-22(29)28(15-20-4-3-13-32-20)24(33-21)27-18-7-5-16(25)6-8-18/h3-13,21H,2,14-15H2,1H3,(H,26,30)/t21-/m0/s1. The summed E-state index contributed by atoms with van der Waals surface area (Å²) >= 11 is 2.78. The van der Waals surface area contributed by atoms with E-state index in [0.717, 1.165) is 10.6 Å². The molecule has 0 radical (unpaired) electrons. The molecule has 2 aromatic carbocycles. The van der Waals surface area contributed by atoms with E-state index < -0.39 is 5.25 Å². The lowest BCUT2D eigenvalue weighted by molar-refractivity contribution is -0.129. The molecule has 0 bridgehead atoms. The molecule has 1 aliphatic rings. The number of hydrogen-bond acceptors (Lipinski definition) is 6. The van der Waals surface area contributed by atoms with Crippen LogP contribution in [0.25, 0.3) is 0 Å². The van der Waals surface area contributed by atoms with Crippen LogP contribution in [0.1, 0.15) is 18.2 Å². The molecule has 1 atom stereocenters. The molecule has 0 unspecified atom stereocenters. The van der Waals surface area contributed by atoms with Crippen LogP contribution in [0.3, 0.4) is 0 Å². The fourth-order valence-corrected chi connectivity index (χ4v) is 5.00. The molecular weight excluding hydrogens is 461 g/mol. The number of amides is 2. The maximum Gasteiger partial charge on any atom is 0.238 e. The molecule has 33 heavy (non-hydrogen) atoms. The van der Waals surface area contributed by atoms with Gasteiger partial charge >= 0.3 is 0 Å². The molecule has 1 N–H and O–H groups in total. The van der Waals surface area contributed by atoms with Crippen LogP contribution < -0.4 is 10.1 Å². The molecule has 170 valence electrons. The number of thioether (sulfide) groups is 1. The number of hydrogen-bond donors (Lipinski definition) is 1. The van der Waals surface area contributed by atoms with Crippen LogP contribution in [0.4, 0.5) is 15.8 Å². The molecule has 1 aromatic heterocycles. The van der Waals surface area contributed by atoms with Crippen LogP contribution >= 0.6 is 23.1 Å². The quantitative estimate of drug-likeness (QED) is 0.485. The predicted octanol–water partition coefficient (Wildman–Crippen LogP) is 5.45. The van der Waals surface area contributed by atoms with Crippen molar-refractivity contribution in [2.45, 2.75) is 25.1 Å². The first-order valence-electron chi connectivity index (χ1n) is 10.4. The first kappa shape index (κ1) is 23.0. The fourth-order valence-electron chi connectivity index (χ4n) is 3.21. The Morgan fingerprint density at radius 3 is 2.61 bits per heavy atom. The number of carbonyl (C=O) groups is 2. The number of nitrogens with one attached hydrogen (secondary N) is 1. The van der Waals surface area contributed by atoms with Gasteiger partial charge in [0.05, 0.1) is 18.8 Å². The Morgan fingerprint density at radius 2 is 1.94 bits per heavy atom. The first-order chi connectivity index (χ1) is 16.0. The largest absolute Gasteiger partial charge is 0.494 e. The zero-order valence-corrected chi connectivity index (χ0v) is 19.5. The van der Waals surface area contributed by atoms with Crippen molar-refractivity contribution in [1.29, 1.82) is 0 Å². The summed E-state index contributed by atoms with van der Waals surface area (Å²) in [4.78, 5) is 33.2. The van der Waals surface area contributed by atoms with Gasteiger partial charge in [0, 0.05) is 17.0 Å². The maximum atomic E-state index is 13.3. The molecule has 2 amide bonds. The third-order valence-electron chi connectivity index (χ3n) is 4.81. The van der Waals surface area contributed by atoms with E-state index in [-0.39, 0.29) is 24.1 Å². The summed E-state index contributed by atoms with van der Waals surface area (Å²) in [5.41, 5.74) is 1.13. The maximum absolute atomic E-state index is 13.3. The van der Waals surface area contributed by atoms with Gasteiger partial charge in [-0.15, -0.1) is 11.3 Å². The molecule has 3 aromatic rings. The Hall–Kier alpha value is -3.17. The predicted molar refractivity (Wildman–Crippen MR) is 131 cm³/mol. The molecule has 1 fully saturated rings. The summed E-state index contributed by atoms with van der Waals surface area (Å²) in [5, 5.41) is 4.59. The molecule has 1 aliphatic heterocycles. The normalized spacial score (nSPS) is 17.3. The molecule has 6 nitrogen and oxygen atoms in total. The summed E-state index contributed by atoms with van der Waals surface area (Å²) in [5.74, 6) is -0.111. The Kier molecular flexibility index (Phi) is 7.41. The zero-order chi connectivity index (χ0) is 23.2. The molecular formula is C24H22FN3O3S2. The number of ether oxygens (including phenoxy) is 1. The van der Waals surface area contributed by atoms with E-state index in [1.165, 1.54) is 23.9 Å². The van der Waals surface area contributed by atoms with Crippen LogP contribution in [0.15, 0.2) is 71.0 Å². The van der Waals surface area contributed by atoms with Crippen LogP contribution in [-0.2, 0) is 16.1 Å². The van der Waals surface area contributed by atoms with Crippen molar-refractivity contribution in [3.63, 3.8) is 0 Å². The van der Waals surface area contributed by atoms with E-state index in [1.807, 2.05) is 24.4 Å². The van der Waals surface area contributed by atoms with Gasteiger partial charge in [0.2, 0.25) is 11.8 Å². The van der Waals surface area contributed by atoms with Crippen molar-refractivity contribution in [2.75, 3.05) is 11.9 Å². The minimum atomic E-state index is -0.636. The minimum Gasteiger partial charge on any atom is -0.494 e. The van der Waals surface area contributed by atoms with Crippen LogP contribution in [0.5, 0.6) is 5.75 Å². The third-order valence-corrected chi connectivity index (χ3v) is 6.86. The molecule has 0 aliphatic carbocycles. The van der Waals surface area contributed by atoms with E-state index in [9.17, 15) is 14.0 Å². The van der Waals surface area contributed by atoms with E-state index >= 15 is 0 Å². The summed E-state index contributed by atoms with van der Waals surface area (Å²) in [6.45, 7) is 2.83. The molecule has 9 heteroatoms. The zero-order valence-electron chi connectivity index (χ0n) is 17.9. The van der Waals surface area contributed by atoms with Crippen LogP contribution in [-0.4, -0.2) is 33.7 Å². The van der Waals surface area contributed by atoms with E-state index in [4.69, 9.17) is 4.74 Å². The topological polar surface area (TPSA) is 71.0 Å². The fraction of sp³-hybridized carbons (Fsp3) is 0.208. The summed E-state index contributed by atoms with van der Waals surface area (Å²) in [6, 6.07) is 16.7. The molecule has 0 saturated carbocycles. The third kappa shape index (κ3) is 6.00. The second-order valence-corrected chi connectivity index (χ2v) is 9.39. The van der Waals surface area contributed by atoms with Gasteiger partial charge in [-0.05, 0) is 66.9 Å². The highest BCUT2D eigenvalue weighted by Crippen LogP contribution is 2.31. The van der Waals surface area contributed by atoms with Crippen molar-refractivity contribution in [3.05, 3.63) is 76.7 Å². The summed E-state index contributed by atoms with van der Waals surface area (Å²) in [7, 11) is 0. The SMILES string of the molecule is CCOc1ccc(NC(=O)[C@@H]2CC(=O)N(Cc3cccs3)C(=Nc3ccc(F)cc3)S2)cc1. The molecule has 0 spiro atoms. The number of rotatable bonds is 7. The summed E-state index contributed by atoms with van der Waals surface area (Å²) in [6.07, 6.45) is 0.0569. The summed E-state index contributed by atoms with van der Waals surface area (Å²) < 4.78 is 18.7. The average molecular weight is 484 g/mol. The molecule has 4 rings (SSSR count). The highest BCUT2D eigenvalue weighted by atomic mass is 32.2. The lowest BCUT2D eigenvalue weighted by Crippen LogP contribution is -2.44. The highest BCUT2D eigenvalue weighted by molar-refractivity contribution is 8.15. The van der Waals surface area contributed by atoms with E-state index in [2.05, 4.69) is 10.3 Å². The van der Waals surface area contributed by atoms with Crippen molar-refractivity contribution in [1.82, 2.24) is 4.90 Å². The van der Waals surface area contributed by atoms with Gasteiger partial charge in [0.25, 0.3) is 0 Å². The number of carbonyl (C=O) groups excluding carboxylic acids is 2. The Balaban J connectivity index is 1.53. The Bertz CT molecular complexity index is 1130. The number of thiophene rings is 1. The second kappa shape index (κ2) is 10.6. The monoisotopic (exact) mass is 483 g/mol.